The fourth-order valence-electron chi connectivity index (χ4n) is 4.28. The number of likely N-dealkylation sites (N-methyl/N-ethyl adjacent to an activating group) is 1. The summed E-state index contributed by atoms with van der Waals surface area (Å²) in [6.07, 6.45) is 1.76. The van der Waals surface area contributed by atoms with E-state index < -0.39 is 10.0 Å². The zero-order valence-corrected chi connectivity index (χ0v) is 20.6. The zero-order valence-electron chi connectivity index (χ0n) is 19.8. The maximum atomic E-state index is 12.9. The van der Waals surface area contributed by atoms with Crippen molar-refractivity contribution >= 4 is 15.8 Å². The van der Waals surface area contributed by atoms with Crippen LogP contribution in [0.25, 0.3) is 0 Å². The number of hydrogen-bond acceptors (Lipinski definition) is 6. The molecule has 1 heterocycles. The van der Waals surface area contributed by atoms with Gasteiger partial charge in [0.2, 0.25) is 10.0 Å². The number of ether oxygens (including phenoxy) is 1. The van der Waals surface area contributed by atoms with E-state index in [1.165, 1.54) is 10.4 Å². The highest BCUT2D eigenvalue weighted by Crippen LogP contribution is 2.23. The van der Waals surface area contributed by atoms with Crippen LogP contribution >= 0.6 is 0 Å². The molecule has 1 unspecified atom stereocenters. The molecule has 0 radical (unpaired) electrons. The van der Waals surface area contributed by atoms with Gasteiger partial charge in [-0.25, -0.2) is 8.42 Å². The number of carbonyl (C=O) groups is 1. The molecule has 8 heteroatoms. The molecule has 180 valence electrons. The fraction of sp³-hybridized carbons (Fsp3) is 0.480. The third-order valence-electron chi connectivity index (χ3n) is 6.24. The Bertz CT molecular complexity index is 1010. The summed E-state index contributed by atoms with van der Waals surface area (Å²) < 4.78 is 32.5. The quantitative estimate of drug-likeness (QED) is 0.477. The number of sulfonamides is 1. The first-order valence-electron chi connectivity index (χ1n) is 11.6. The largest absolute Gasteiger partial charge is 0.497 e. The second kappa shape index (κ2) is 11.7. The second-order valence-corrected chi connectivity index (χ2v) is 10.1. The lowest BCUT2D eigenvalue weighted by atomic mass is 10.0. The van der Waals surface area contributed by atoms with Crippen molar-refractivity contribution in [2.24, 2.45) is 0 Å². The molecule has 0 aromatic heterocycles. The Balaban J connectivity index is 1.67. The summed E-state index contributed by atoms with van der Waals surface area (Å²) in [5, 5.41) is 3.29. The fourth-order valence-corrected chi connectivity index (χ4v) is 5.84. The van der Waals surface area contributed by atoms with Crippen molar-refractivity contribution in [1.29, 1.82) is 0 Å². The van der Waals surface area contributed by atoms with Gasteiger partial charge >= 0.3 is 0 Å². The van der Waals surface area contributed by atoms with E-state index in [2.05, 4.69) is 36.2 Å². The van der Waals surface area contributed by atoms with Crippen molar-refractivity contribution in [2.75, 3.05) is 46.4 Å². The van der Waals surface area contributed by atoms with Gasteiger partial charge in [-0.3, -0.25) is 9.69 Å². The maximum absolute atomic E-state index is 12.9. The lowest BCUT2D eigenvalue weighted by Crippen LogP contribution is -2.37. The van der Waals surface area contributed by atoms with E-state index in [1.807, 2.05) is 12.1 Å². The third kappa shape index (κ3) is 6.20. The summed E-state index contributed by atoms with van der Waals surface area (Å²) in [5.74, 6) is 0.686. The van der Waals surface area contributed by atoms with Gasteiger partial charge in [-0.1, -0.05) is 38.1 Å². The molecular weight excluding hydrogens is 438 g/mol. The SMILES string of the molecule is CCN(CC)C(CNCC(=O)c1cccc(S(=O)(=O)N2CCCC2)c1)c1ccc(OC)cc1. The van der Waals surface area contributed by atoms with Crippen LogP contribution in [-0.4, -0.2) is 69.8 Å². The Labute approximate surface area is 197 Å². The van der Waals surface area contributed by atoms with E-state index in [0.717, 1.165) is 37.2 Å². The van der Waals surface area contributed by atoms with Gasteiger partial charge in [0.1, 0.15) is 5.75 Å². The molecule has 7 nitrogen and oxygen atoms in total. The summed E-state index contributed by atoms with van der Waals surface area (Å²) in [7, 11) is -1.90. The third-order valence-corrected chi connectivity index (χ3v) is 8.13. The molecule has 1 fully saturated rings. The molecule has 0 aliphatic carbocycles. The maximum Gasteiger partial charge on any atom is 0.243 e. The Morgan fingerprint density at radius 1 is 1.09 bits per heavy atom. The Kier molecular flexibility index (Phi) is 9.02. The first kappa shape index (κ1) is 25.4. The molecule has 33 heavy (non-hydrogen) atoms. The predicted molar refractivity (Wildman–Crippen MR) is 130 cm³/mol. The topological polar surface area (TPSA) is 79.0 Å². The average Bonchev–Trinajstić information content (AvgIpc) is 3.40. The second-order valence-electron chi connectivity index (χ2n) is 8.20. The molecule has 0 saturated carbocycles. The minimum atomic E-state index is -3.54. The van der Waals surface area contributed by atoms with Crippen LogP contribution in [0.1, 0.15) is 48.7 Å². The van der Waals surface area contributed by atoms with E-state index in [1.54, 1.807) is 25.3 Å². The zero-order chi connectivity index (χ0) is 23.8. The standard InChI is InChI=1S/C25H35N3O4S/c1-4-27(5-2)24(20-11-13-22(32-3)14-12-20)18-26-19-25(29)21-9-8-10-23(17-21)33(30,31)28-15-6-7-16-28/h8-14,17,24,26H,4-7,15-16,18-19H2,1-3H3. The van der Waals surface area contributed by atoms with Gasteiger partial charge in [-0.15, -0.1) is 0 Å². The van der Waals surface area contributed by atoms with Gasteiger partial charge in [-0.05, 0) is 55.8 Å². The van der Waals surface area contributed by atoms with E-state index >= 15 is 0 Å². The Hall–Kier alpha value is -2.26. The molecule has 3 rings (SSSR count). The van der Waals surface area contributed by atoms with Crippen LogP contribution in [0.4, 0.5) is 0 Å². The minimum absolute atomic E-state index is 0.112. The van der Waals surface area contributed by atoms with Gasteiger partial charge in [0.15, 0.2) is 5.78 Å². The normalized spacial score (nSPS) is 15.6. The highest BCUT2D eigenvalue weighted by atomic mass is 32.2. The van der Waals surface area contributed by atoms with Crippen molar-refractivity contribution in [3.8, 4) is 5.75 Å². The van der Waals surface area contributed by atoms with Crippen molar-refractivity contribution < 1.29 is 17.9 Å². The number of hydrogen-bond donors (Lipinski definition) is 1. The van der Waals surface area contributed by atoms with Crippen LogP contribution < -0.4 is 10.1 Å². The number of nitrogens with zero attached hydrogens (tertiary/aromatic N) is 2. The molecule has 1 aliphatic rings. The van der Waals surface area contributed by atoms with Crippen molar-refractivity contribution in [3.63, 3.8) is 0 Å². The molecule has 0 bridgehead atoms. The van der Waals surface area contributed by atoms with Gasteiger partial charge < -0.3 is 10.1 Å². The molecule has 1 aliphatic heterocycles. The van der Waals surface area contributed by atoms with Crippen molar-refractivity contribution in [1.82, 2.24) is 14.5 Å². The molecule has 1 saturated heterocycles. The van der Waals surface area contributed by atoms with E-state index in [9.17, 15) is 13.2 Å². The summed E-state index contributed by atoms with van der Waals surface area (Å²) >= 11 is 0. The van der Waals surface area contributed by atoms with Gasteiger partial charge in [0.25, 0.3) is 0 Å². The average molecular weight is 474 g/mol. The van der Waals surface area contributed by atoms with E-state index in [4.69, 9.17) is 4.74 Å². The molecule has 0 spiro atoms. The minimum Gasteiger partial charge on any atom is -0.497 e. The van der Waals surface area contributed by atoms with Crippen molar-refractivity contribution in [2.45, 2.75) is 37.6 Å². The molecule has 2 aromatic carbocycles. The van der Waals surface area contributed by atoms with Crippen LogP contribution in [0.2, 0.25) is 0 Å². The first-order valence-corrected chi connectivity index (χ1v) is 13.1. The lowest BCUT2D eigenvalue weighted by molar-refractivity contribution is 0.0986. The number of ketones is 1. The summed E-state index contributed by atoms with van der Waals surface area (Å²) in [4.78, 5) is 15.4. The predicted octanol–water partition coefficient (Wildman–Crippen LogP) is 3.34. The molecule has 1 N–H and O–H groups in total. The monoisotopic (exact) mass is 473 g/mol. The van der Waals surface area contributed by atoms with Crippen LogP contribution in [0.15, 0.2) is 53.4 Å². The summed E-state index contributed by atoms with van der Waals surface area (Å²) in [5.41, 5.74) is 1.56. The van der Waals surface area contributed by atoms with Crippen LogP contribution in [0.3, 0.4) is 0 Å². The van der Waals surface area contributed by atoms with Crippen LogP contribution in [-0.2, 0) is 10.0 Å². The summed E-state index contributed by atoms with van der Waals surface area (Å²) in [6.45, 7) is 7.85. The number of nitrogens with one attached hydrogen (secondary N) is 1. The smallest absolute Gasteiger partial charge is 0.243 e. The highest BCUT2D eigenvalue weighted by molar-refractivity contribution is 7.89. The Morgan fingerprint density at radius 2 is 1.76 bits per heavy atom. The lowest BCUT2D eigenvalue weighted by Gasteiger charge is -2.30. The number of rotatable bonds is 12. The first-order chi connectivity index (χ1) is 15.9. The highest BCUT2D eigenvalue weighted by Gasteiger charge is 2.27. The molecule has 0 amide bonds. The number of Topliss-reactive ketones (excluding diaryl/α,β-unsaturated/α-hetero) is 1. The van der Waals surface area contributed by atoms with Crippen LogP contribution in [0, 0.1) is 0 Å². The molecular formula is C25H35N3O4S. The molecule has 2 aromatic rings. The molecule has 1 atom stereocenters. The van der Waals surface area contributed by atoms with Crippen LogP contribution in [0.5, 0.6) is 5.75 Å². The van der Waals surface area contributed by atoms with Gasteiger partial charge in [-0.2, -0.15) is 4.31 Å². The van der Waals surface area contributed by atoms with Gasteiger partial charge in [0.05, 0.1) is 18.6 Å². The number of carbonyl (C=O) groups excluding carboxylic acids is 1. The number of benzene rings is 2. The summed E-state index contributed by atoms with van der Waals surface area (Å²) in [6, 6.07) is 14.5. The van der Waals surface area contributed by atoms with E-state index in [-0.39, 0.29) is 23.3 Å². The van der Waals surface area contributed by atoms with Crippen molar-refractivity contribution in [3.05, 3.63) is 59.7 Å². The Morgan fingerprint density at radius 3 is 2.36 bits per heavy atom. The van der Waals surface area contributed by atoms with E-state index in [0.29, 0.717) is 25.2 Å². The van der Waals surface area contributed by atoms with Gasteiger partial charge in [0, 0.05) is 31.2 Å². The number of methoxy groups -OCH3 is 1.